The van der Waals surface area contributed by atoms with Crippen molar-refractivity contribution in [3.8, 4) is 11.1 Å². The number of hydrogen-bond donors (Lipinski definition) is 1. The number of nitrogens with zero attached hydrogens (tertiary/aromatic N) is 2. The normalized spacial score (nSPS) is 11.8. The van der Waals surface area contributed by atoms with Gasteiger partial charge < -0.3 is 10.1 Å². The molecule has 1 aromatic heterocycles. The third-order valence-electron chi connectivity index (χ3n) is 4.94. The van der Waals surface area contributed by atoms with E-state index in [1.54, 1.807) is 16.8 Å². The summed E-state index contributed by atoms with van der Waals surface area (Å²) in [5.74, 6) is 0.0750. The molecule has 0 unspecified atom stereocenters. The molecule has 0 atom stereocenters. The van der Waals surface area contributed by atoms with E-state index in [4.69, 9.17) is 16.3 Å². The van der Waals surface area contributed by atoms with Gasteiger partial charge in [-0.3, -0.25) is 4.79 Å². The molecule has 31 heavy (non-hydrogen) atoms. The van der Waals surface area contributed by atoms with E-state index < -0.39 is 8.07 Å². The van der Waals surface area contributed by atoms with Crippen LogP contribution < -0.4 is 5.32 Å². The molecule has 0 aliphatic carbocycles. The lowest BCUT2D eigenvalue weighted by Gasteiger charge is -2.15. The summed E-state index contributed by atoms with van der Waals surface area (Å²) >= 11 is 6.58. The number of carbonyl (C=O) groups is 1. The van der Waals surface area contributed by atoms with Crippen LogP contribution in [0.2, 0.25) is 30.7 Å². The van der Waals surface area contributed by atoms with Crippen LogP contribution in [-0.4, -0.2) is 30.4 Å². The van der Waals surface area contributed by atoms with Crippen molar-refractivity contribution in [2.24, 2.45) is 0 Å². The molecule has 0 radical (unpaired) electrons. The topological polar surface area (TPSA) is 56.2 Å². The van der Waals surface area contributed by atoms with Gasteiger partial charge in [0.15, 0.2) is 5.82 Å². The number of hydrogen-bond acceptors (Lipinski definition) is 3. The van der Waals surface area contributed by atoms with E-state index in [2.05, 4.69) is 30.1 Å². The summed E-state index contributed by atoms with van der Waals surface area (Å²) in [6.45, 7) is 9.80. The Bertz CT molecular complexity index is 1060. The minimum Gasteiger partial charge on any atom is -0.360 e. The number of rotatable bonds is 9. The van der Waals surface area contributed by atoms with E-state index in [0.29, 0.717) is 23.9 Å². The van der Waals surface area contributed by atoms with Crippen LogP contribution >= 0.6 is 11.6 Å². The van der Waals surface area contributed by atoms with E-state index in [0.717, 1.165) is 34.5 Å². The Kier molecular flexibility index (Phi) is 7.51. The quantitative estimate of drug-likeness (QED) is 0.290. The monoisotopic (exact) mass is 461 g/mol. The van der Waals surface area contributed by atoms with E-state index in [1.807, 2.05) is 19.1 Å². The maximum absolute atomic E-state index is 13.4. The molecule has 1 heterocycles. The molecule has 1 amide bonds. The smallest absolute Gasteiger partial charge is 0.225 e. The van der Waals surface area contributed by atoms with Gasteiger partial charge in [0.2, 0.25) is 5.91 Å². The SMILES string of the molecule is CCCC(=O)Nc1nn(COCC[Si](C)(C)C)c2cc(Cl)c(-c3ccc(F)cc3)cc12. The number of anilines is 1. The van der Waals surface area contributed by atoms with Crippen LogP contribution in [0.4, 0.5) is 10.2 Å². The van der Waals surface area contributed by atoms with Crippen LogP contribution in [0.5, 0.6) is 0 Å². The molecule has 0 spiro atoms. The molecule has 166 valence electrons. The zero-order chi connectivity index (χ0) is 22.6. The second-order valence-electron chi connectivity index (χ2n) is 8.85. The van der Waals surface area contributed by atoms with Crippen molar-refractivity contribution < 1.29 is 13.9 Å². The number of nitrogens with one attached hydrogen (secondary N) is 1. The molecule has 3 aromatic rings. The molecule has 0 saturated carbocycles. The Balaban J connectivity index is 1.97. The molecule has 8 heteroatoms. The number of amides is 1. The average Bonchev–Trinajstić information content (AvgIpc) is 3.01. The summed E-state index contributed by atoms with van der Waals surface area (Å²) in [4.78, 5) is 12.2. The molecular weight excluding hydrogens is 433 g/mol. The zero-order valence-corrected chi connectivity index (χ0v) is 20.2. The second kappa shape index (κ2) is 9.93. The molecule has 5 nitrogen and oxygen atoms in total. The molecule has 3 rings (SSSR count). The van der Waals surface area contributed by atoms with E-state index in [-0.39, 0.29) is 18.5 Å². The fourth-order valence-corrected chi connectivity index (χ4v) is 4.21. The summed E-state index contributed by atoms with van der Waals surface area (Å²) in [6, 6.07) is 10.9. The number of ether oxygens (including phenoxy) is 1. The van der Waals surface area contributed by atoms with Crippen LogP contribution in [0.3, 0.4) is 0 Å². The maximum Gasteiger partial charge on any atom is 0.225 e. The number of carbonyl (C=O) groups excluding carboxylic acids is 1. The fraction of sp³-hybridized carbons (Fsp3) is 0.391. The highest BCUT2D eigenvalue weighted by molar-refractivity contribution is 6.76. The van der Waals surface area contributed by atoms with Crippen LogP contribution in [0.15, 0.2) is 36.4 Å². The molecule has 2 aromatic carbocycles. The van der Waals surface area contributed by atoms with Gasteiger partial charge in [-0.2, -0.15) is 5.10 Å². The van der Waals surface area contributed by atoms with Crippen molar-refractivity contribution >= 4 is 42.3 Å². The van der Waals surface area contributed by atoms with Crippen LogP contribution in [0, 0.1) is 5.82 Å². The summed E-state index contributed by atoms with van der Waals surface area (Å²) in [6.07, 6.45) is 1.16. The van der Waals surface area contributed by atoms with Crippen molar-refractivity contribution in [3.63, 3.8) is 0 Å². The molecular formula is C23H29ClFN3O2Si. The van der Waals surface area contributed by atoms with Gasteiger partial charge >= 0.3 is 0 Å². The third-order valence-corrected chi connectivity index (χ3v) is 6.96. The predicted molar refractivity (Wildman–Crippen MR) is 128 cm³/mol. The molecule has 0 fully saturated rings. The van der Waals surface area contributed by atoms with E-state index in [9.17, 15) is 9.18 Å². The Labute approximate surface area is 188 Å². The van der Waals surface area contributed by atoms with Crippen LogP contribution in [-0.2, 0) is 16.3 Å². The lowest BCUT2D eigenvalue weighted by molar-refractivity contribution is -0.116. The summed E-state index contributed by atoms with van der Waals surface area (Å²) in [7, 11) is -1.19. The van der Waals surface area contributed by atoms with Gasteiger partial charge in [0.25, 0.3) is 0 Å². The van der Waals surface area contributed by atoms with Gasteiger partial charge in [0.1, 0.15) is 12.5 Å². The third kappa shape index (κ3) is 6.15. The predicted octanol–water partition coefficient (Wildman–Crippen LogP) is 6.55. The van der Waals surface area contributed by atoms with Crippen molar-refractivity contribution in [1.82, 2.24) is 9.78 Å². The van der Waals surface area contributed by atoms with Crippen molar-refractivity contribution in [2.45, 2.75) is 52.2 Å². The van der Waals surface area contributed by atoms with E-state index in [1.165, 1.54) is 12.1 Å². The van der Waals surface area contributed by atoms with Crippen LogP contribution in [0.1, 0.15) is 19.8 Å². The van der Waals surface area contributed by atoms with Gasteiger partial charge in [-0.1, -0.05) is 50.3 Å². The average molecular weight is 462 g/mol. The maximum atomic E-state index is 13.4. The lowest BCUT2D eigenvalue weighted by atomic mass is 10.0. The molecule has 0 aliphatic rings. The fourth-order valence-electron chi connectivity index (χ4n) is 3.19. The highest BCUT2D eigenvalue weighted by atomic mass is 35.5. The highest BCUT2D eigenvalue weighted by Crippen LogP contribution is 2.35. The molecule has 0 aliphatic heterocycles. The number of benzene rings is 2. The highest BCUT2D eigenvalue weighted by Gasteiger charge is 2.17. The zero-order valence-electron chi connectivity index (χ0n) is 18.5. The van der Waals surface area contributed by atoms with Crippen molar-refractivity contribution in [1.29, 1.82) is 0 Å². The first-order valence-corrected chi connectivity index (χ1v) is 14.6. The second-order valence-corrected chi connectivity index (χ2v) is 14.9. The lowest BCUT2D eigenvalue weighted by Crippen LogP contribution is -2.22. The molecule has 0 saturated heterocycles. The van der Waals surface area contributed by atoms with Gasteiger partial charge in [0.05, 0.1) is 10.5 Å². The van der Waals surface area contributed by atoms with Gasteiger partial charge in [-0.05, 0) is 42.3 Å². The van der Waals surface area contributed by atoms with Gasteiger partial charge in [0, 0.05) is 32.1 Å². The van der Waals surface area contributed by atoms with Crippen molar-refractivity contribution in [2.75, 3.05) is 11.9 Å². The summed E-state index contributed by atoms with van der Waals surface area (Å²) < 4.78 is 21.0. The Morgan fingerprint density at radius 3 is 2.58 bits per heavy atom. The first-order valence-electron chi connectivity index (χ1n) is 10.5. The molecule has 0 bridgehead atoms. The van der Waals surface area contributed by atoms with Crippen molar-refractivity contribution in [3.05, 3.63) is 47.2 Å². The Morgan fingerprint density at radius 2 is 1.94 bits per heavy atom. The van der Waals surface area contributed by atoms with Gasteiger partial charge in [-0.15, -0.1) is 0 Å². The summed E-state index contributed by atoms with van der Waals surface area (Å²) in [5.41, 5.74) is 2.31. The minimum absolute atomic E-state index is 0.0908. The Morgan fingerprint density at radius 1 is 1.23 bits per heavy atom. The van der Waals surface area contributed by atoms with E-state index >= 15 is 0 Å². The first-order chi connectivity index (χ1) is 14.7. The number of halogens is 2. The summed E-state index contributed by atoms with van der Waals surface area (Å²) in [5, 5.41) is 8.78. The van der Waals surface area contributed by atoms with Crippen LogP contribution in [0.25, 0.3) is 22.0 Å². The number of aromatic nitrogens is 2. The standard InChI is InChI=1S/C23H29ClFN3O2Si/c1-5-6-22(29)26-23-19-13-18(16-7-9-17(25)10-8-16)20(24)14-21(19)28(27-23)15-30-11-12-31(2,3)4/h7-10,13-14H,5-6,11-12,15H2,1-4H3,(H,26,27,29). The minimum atomic E-state index is -1.19. The number of fused-ring (bicyclic) bond motifs is 1. The Hall–Kier alpha value is -2.22. The molecule has 1 N–H and O–H groups in total. The van der Waals surface area contributed by atoms with Gasteiger partial charge in [-0.25, -0.2) is 9.07 Å². The first kappa shape index (κ1) is 23.4. The largest absolute Gasteiger partial charge is 0.360 e.